The number of fused-ring (bicyclic) bond motifs is 2. The number of carbonyl (C=O) groups is 2. The summed E-state index contributed by atoms with van der Waals surface area (Å²) in [7, 11) is 0. The fourth-order valence-corrected chi connectivity index (χ4v) is 7.97. The van der Waals surface area contributed by atoms with Crippen molar-refractivity contribution in [3.63, 3.8) is 0 Å². The number of aliphatic hydroxyl groups excluding tert-OH is 9. The third-order valence-corrected chi connectivity index (χ3v) is 12.0. The van der Waals surface area contributed by atoms with Crippen LogP contribution in [0.25, 0.3) is 0 Å². The number of hydrogen-bond donors (Lipinski definition) is 12. The van der Waals surface area contributed by atoms with E-state index in [1.807, 2.05) is 19.1 Å². The molecule has 18 heteroatoms. The number of rotatable bonds is 3. The third kappa shape index (κ3) is 18.6. The molecule has 0 aromatic rings. The molecule has 65 heavy (non-hydrogen) atoms. The fraction of sp³-hybridized carbons (Fsp3) is 0.660. The summed E-state index contributed by atoms with van der Waals surface area (Å²) in [4.78, 5) is 25.1. The summed E-state index contributed by atoms with van der Waals surface area (Å²) in [6.45, 7) is 6.74. The molecular weight excluding hydrogens is 851 g/mol. The van der Waals surface area contributed by atoms with Gasteiger partial charge in [-0.25, -0.2) is 0 Å². The fourth-order valence-electron chi connectivity index (χ4n) is 7.97. The minimum Gasteiger partial charge on any atom is -0.481 e. The summed E-state index contributed by atoms with van der Waals surface area (Å²) >= 11 is 0. The largest absolute Gasteiger partial charge is 0.481 e. The van der Waals surface area contributed by atoms with Crippen molar-refractivity contribution in [3.05, 3.63) is 85.1 Å². The zero-order chi connectivity index (χ0) is 48.4. The molecule has 368 valence electrons. The minimum absolute atomic E-state index is 0.107. The van der Waals surface area contributed by atoms with Crippen molar-refractivity contribution in [2.24, 2.45) is 23.5 Å². The Kier molecular flexibility index (Phi) is 23.6. The molecule has 2 fully saturated rings. The van der Waals surface area contributed by atoms with E-state index in [2.05, 4.69) is 0 Å². The van der Waals surface area contributed by atoms with E-state index in [1.54, 1.807) is 80.7 Å². The van der Waals surface area contributed by atoms with E-state index in [1.165, 1.54) is 13.0 Å². The molecule has 3 rings (SSSR count). The summed E-state index contributed by atoms with van der Waals surface area (Å²) < 4.78 is 23.1. The van der Waals surface area contributed by atoms with Gasteiger partial charge in [0.25, 0.3) is 0 Å². The Morgan fingerprint density at radius 3 is 1.82 bits per heavy atom. The van der Waals surface area contributed by atoms with Gasteiger partial charge >= 0.3 is 11.9 Å². The standard InChI is InChI=1S/C47H73NO17/c1-27-17-15-13-11-9-7-5-6-8-10-12-14-16-18-34(64-46-44(58)41(48)43(57)30(4)63-46)24-38-40(45(59)60)37(54)26-47(61,65-38)25-33(51)22-36(53)35(52)20-19-31(49)21-32(50)23-39(55)62-29(3)28(2)42(27)56/h5-18,27-38,40-44,46,49-54,56-58,61H,19-26,48H2,1-4H3,(H,59,60)/b6-5+,9-7+,10-8+,13-11+,14-12+,17-15+,18-16+/t27-,28-,29-,30+,31?,32?,33?,34-,35+,36?,37?,38?,40+,41-,42+,43+,44-,46-,47+/m0/s1. The first kappa shape index (κ1) is 55.9. The Balaban J connectivity index is 1.86. The van der Waals surface area contributed by atoms with E-state index in [9.17, 15) is 65.8 Å². The van der Waals surface area contributed by atoms with Gasteiger partial charge < -0.3 is 80.9 Å². The lowest BCUT2D eigenvalue weighted by Gasteiger charge is -2.45. The van der Waals surface area contributed by atoms with Gasteiger partial charge in [-0.1, -0.05) is 98.9 Å². The third-order valence-electron chi connectivity index (χ3n) is 12.0. The van der Waals surface area contributed by atoms with E-state index in [0.29, 0.717) is 0 Å². The van der Waals surface area contributed by atoms with E-state index in [0.717, 1.165) is 0 Å². The van der Waals surface area contributed by atoms with Crippen LogP contribution in [0, 0.1) is 17.8 Å². The van der Waals surface area contributed by atoms with Crippen LogP contribution in [0.5, 0.6) is 0 Å². The lowest BCUT2D eigenvalue weighted by molar-refractivity contribution is -0.308. The van der Waals surface area contributed by atoms with Gasteiger partial charge in [0, 0.05) is 37.5 Å². The predicted octanol–water partition coefficient (Wildman–Crippen LogP) is 0.712. The van der Waals surface area contributed by atoms with Crippen LogP contribution >= 0.6 is 0 Å². The first-order chi connectivity index (χ1) is 30.6. The van der Waals surface area contributed by atoms with Crippen LogP contribution < -0.4 is 5.73 Å². The van der Waals surface area contributed by atoms with E-state index < -0.39 is 147 Å². The molecule has 6 unspecified atom stereocenters. The van der Waals surface area contributed by atoms with Crippen molar-refractivity contribution in [3.8, 4) is 0 Å². The molecule has 2 saturated heterocycles. The molecule has 13 N–H and O–H groups in total. The monoisotopic (exact) mass is 923 g/mol. The van der Waals surface area contributed by atoms with Crippen molar-refractivity contribution < 1.29 is 84.7 Å². The number of hydrogen-bond acceptors (Lipinski definition) is 17. The Hall–Kier alpha value is -3.44. The maximum atomic E-state index is 12.6. The number of carboxylic acids is 1. The smallest absolute Gasteiger partial charge is 0.311 e. The summed E-state index contributed by atoms with van der Waals surface area (Å²) in [6, 6.07) is -1.15. The molecule has 0 aromatic heterocycles. The van der Waals surface area contributed by atoms with Crippen LogP contribution in [0.3, 0.4) is 0 Å². The van der Waals surface area contributed by atoms with E-state index in [4.69, 9.17) is 24.7 Å². The number of cyclic esters (lactones) is 1. The number of aliphatic carboxylic acids is 1. The molecule has 3 aliphatic rings. The van der Waals surface area contributed by atoms with Crippen molar-refractivity contribution >= 4 is 11.9 Å². The molecule has 3 aliphatic heterocycles. The van der Waals surface area contributed by atoms with Crippen LogP contribution in [-0.4, -0.2) is 166 Å². The van der Waals surface area contributed by atoms with Gasteiger partial charge in [-0.2, -0.15) is 0 Å². The Morgan fingerprint density at radius 1 is 0.662 bits per heavy atom. The molecular formula is C47H73NO17. The van der Waals surface area contributed by atoms with E-state index >= 15 is 0 Å². The molecule has 0 radical (unpaired) electrons. The Morgan fingerprint density at radius 2 is 1.23 bits per heavy atom. The molecule has 3 heterocycles. The Bertz CT molecular complexity index is 1670. The number of carbonyl (C=O) groups excluding carboxylic acids is 1. The molecule has 0 amide bonds. The van der Waals surface area contributed by atoms with Crippen LogP contribution in [0.1, 0.15) is 79.1 Å². The highest BCUT2D eigenvalue weighted by molar-refractivity contribution is 5.71. The predicted molar refractivity (Wildman–Crippen MR) is 237 cm³/mol. The number of aliphatic hydroxyl groups is 10. The zero-order valence-corrected chi connectivity index (χ0v) is 37.6. The molecule has 0 aliphatic carbocycles. The lowest BCUT2D eigenvalue weighted by Crippen LogP contribution is -2.61. The number of carboxylic acid groups (broad SMARTS) is 1. The van der Waals surface area contributed by atoms with Gasteiger partial charge in [0.1, 0.15) is 18.1 Å². The van der Waals surface area contributed by atoms with Gasteiger partial charge in [0.2, 0.25) is 0 Å². The highest BCUT2D eigenvalue weighted by Gasteiger charge is 2.51. The first-order valence-electron chi connectivity index (χ1n) is 22.3. The average Bonchev–Trinajstić information content (AvgIpc) is 3.21. The van der Waals surface area contributed by atoms with Crippen molar-refractivity contribution in [1.29, 1.82) is 0 Å². The molecule has 0 spiro atoms. The van der Waals surface area contributed by atoms with Crippen LogP contribution in [-0.2, 0) is 28.5 Å². The van der Waals surface area contributed by atoms with Crippen LogP contribution in [0.2, 0.25) is 0 Å². The molecule has 0 saturated carbocycles. The number of ether oxygens (including phenoxy) is 4. The molecule has 2 bridgehead atoms. The lowest BCUT2D eigenvalue weighted by atomic mass is 9.82. The summed E-state index contributed by atoms with van der Waals surface area (Å²) in [5.41, 5.74) is 6.02. The van der Waals surface area contributed by atoms with Gasteiger partial charge in [-0.3, -0.25) is 9.59 Å². The first-order valence-corrected chi connectivity index (χ1v) is 22.3. The van der Waals surface area contributed by atoms with E-state index in [-0.39, 0.29) is 31.6 Å². The highest BCUT2D eigenvalue weighted by Crippen LogP contribution is 2.38. The van der Waals surface area contributed by atoms with Crippen molar-refractivity contribution in [2.75, 3.05) is 0 Å². The summed E-state index contributed by atoms with van der Waals surface area (Å²) in [6.07, 6.45) is 3.46. The second kappa shape index (κ2) is 27.4. The van der Waals surface area contributed by atoms with Gasteiger partial charge in [-0.15, -0.1) is 0 Å². The van der Waals surface area contributed by atoms with Crippen LogP contribution in [0.15, 0.2) is 85.1 Å². The molecule has 0 aromatic carbocycles. The second-order valence-corrected chi connectivity index (χ2v) is 17.6. The topological polar surface area (TPSA) is 320 Å². The molecule has 19 atom stereocenters. The molecule has 18 nitrogen and oxygen atoms in total. The van der Waals surface area contributed by atoms with Crippen molar-refractivity contribution in [2.45, 2.75) is 177 Å². The number of esters is 1. The van der Waals surface area contributed by atoms with Gasteiger partial charge in [-0.05, 0) is 33.1 Å². The van der Waals surface area contributed by atoms with Gasteiger partial charge in [0.15, 0.2) is 12.1 Å². The maximum Gasteiger partial charge on any atom is 0.311 e. The minimum atomic E-state index is -2.33. The zero-order valence-electron chi connectivity index (χ0n) is 37.6. The highest BCUT2D eigenvalue weighted by atomic mass is 16.7. The average molecular weight is 924 g/mol. The SMILES string of the molecule is C[C@@H]1[C@H](O)[C@@H](C)/C=C/C=C/C=C/C=C/C=C/C=C/C=C/[C@H](O[C@@H]2O[C@H](C)[C@@H](O)[C@H](N)[C@@H]2O)CC2O[C@](O)(CC(O)CC(O)[C@H](O)CCC(O)CC(O)CC(=O)O[C@H]1C)CC(O)[C@H]2C(=O)O. The van der Waals surface area contributed by atoms with Gasteiger partial charge in [0.05, 0.1) is 79.6 Å². The summed E-state index contributed by atoms with van der Waals surface area (Å²) in [5, 5.41) is 118. The number of allylic oxidation sites excluding steroid dienone is 12. The Labute approximate surface area is 381 Å². The maximum absolute atomic E-state index is 12.6. The van der Waals surface area contributed by atoms with Crippen LogP contribution in [0.4, 0.5) is 0 Å². The quantitative estimate of drug-likeness (QED) is 0.174. The second-order valence-electron chi connectivity index (χ2n) is 17.6. The summed E-state index contributed by atoms with van der Waals surface area (Å²) in [5.74, 6) is -6.83. The van der Waals surface area contributed by atoms with Crippen molar-refractivity contribution in [1.82, 2.24) is 0 Å². The number of nitrogens with two attached hydrogens (primary N) is 1. The normalized spacial score (nSPS) is 45.5.